The Morgan fingerprint density at radius 1 is 0.370 bits per heavy atom. The summed E-state index contributed by atoms with van der Waals surface area (Å²) in [5, 5.41) is 87.7. The first-order valence-corrected chi connectivity index (χ1v) is 40.4. The molecule has 2 saturated heterocycles. The van der Waals surface area contributed by atoms with Gasteiger partial charge in [-0.2, -0.15) is 0 Å². The van der Waals surface area contributed by atoms with Gasteiger partial charge in [-0.1, -0.05) is 340 Å². The third-order valence-electron chi connectivity index (χ3n) is 18.8. The van der Waals surface area contributed by atoms with Gasteiger partial charge >= 0.3 is 0 Å². The topological polar surface area (TPSA) is 228 Å². The van der Waals surface area contributed by atoms with E-state index in [-0.39, 0.29) is 18.9 Å². The Hall–Kier alpha value is -3.87. The molecule has 14 heteroatoms. The number of aliphatic hydroxyl groups is 8. The van der Waals surface area contributed by atoms with Crippen LogP contribution in [-0.4, -0.2) is 140 Å². The number of allylic oxidation sites excluding steroid dienone is 21. The first kappa shape index (κ1) is 92.2. The van der Waals surface area contributed by atoms with Crippen molar-refractivity contribution in [3.05, 3.63) is 134 Å². The molecular formula is C86H147NO13. The Balaban J connectivity index is 1.66. The minimum Gasteiger partial charge on any atom is -0.394 e. The van der Waals surface area contributed by atoms with E-state index < -0.39 is 86.8 Å². The monoisotopic (exact) mass is 1400 g/mol. The summed E-state index contributed by atoms with van der Waals surface area (Å²) in [6.07, 6.45) is 85.2. The van der Waals surface area contributed by atoms with E-state index in [0.717, 1.165) is 109 Å². The van der Waals surface area contributed by atoms with Gasteiger partial charge in [0.05, 0.1) is 32.0 Å². The number of hydrogen-bond acceptors (Lipinski definition) is 13. The van der Waals surface area contributed by atoms with Gasteiger partial charge in [0.1, 0.15) is 48.8 Å². The summed E-state index contributed by atoms with van der Waals surface area (Å²) in [6.45, 7) is 2.70. The maximum absolute atomic E-state index is 13.4. The molecule has 2 rings (SSSR count). The Kier molecular flexibility index (Phi) is 62.9. The molecule has 0 radical (unpaired) electrons. The van der Waals surface area contributed by atoms with E-state index in [1.54, 1.807) is 6.08 Å². The predicted molar refractivity (Wildman–Crippen MR) is 415 cm³/mol. The lowest BCUT2D eigenvalue weighted by Gasteiger charge is -2.46. The number of carbonyl (C=O) groups excluding carboxylic acids is 1. The highest BCUT2D eigenvalue weighted by Crippen LogP contribution is 2.30. The van der Waals surface area contributed by atoms with E-state index in [2.05, 4.69) is 141 Å². The summed E-state index contributed by atoms with van der Waals surface area (Å²) in [5.41, 5.74) is 0. The molecule has 12 atom stereocenters. The summed E-state index contributed by atoms with van der Waals surface area (Å²) < 4.78 is 22.9. The van der Waals surface area contributed by atoms with Crippen molar-refractivity contribution in [2.75, 3.05) is 19.8 Å². The van der Waals surface area contributed by atoms with E-state index in [1.807, 2.05) is 6.08 Å². The van der Waals surface area contributed by atoms with Crippen molar-refractivity contribution in [3.8, 4) is 0 Å². The van der Waals surface area contributed by atoms with Crippen LogP contribution in [0.25, 0.3) is 0 Å². The molecule has 2 fully saturated rings. The molecule has 0 bridgehead atoms. The van der Waals surface area contributed by atoms with Crippen LogP contribution in [0.1, 0.15) is 309 Å². The zero-order valence-electron chi connectivity index (χ0n) is 62.9. The molecule has 2 aliphatic heterocycles. The van der Waals surface area contributed by atoms with Gasteiger partial charge in [-0.3, -0.25) is 4.79 Å². The number of rotatable bonds is 66. The number of amides is 1. The van der Waals surface area contributed by atoms with Gasteiger partial charge in [0.15, 0.2) is 12.6 Å². The molecule has 0 aromatic carbocycles. The lowest BCUT2D eigenvalue weighted by molar-refractivity contribution is -0.359. The molecule has 12 unspecified atom stereocenters. The van der Waals surface area contributed by atoms with Crippen LogP contribution in [0.3, 0.4) is 0 Å². The first-order valence-electron chi connectivity index (χ1n) is 40.4. The van der Waals surface area contributed by atoms with Crippen LogP contribution in [0.5, 0.6) is 0 Å². The maximum atomic E-state index is 13.4. The van der Waals surface area contributed by atoms with Crippen molar-refractivity contribution in [2.24, 2.45) is 0 Å². The molecular weight excluding hydrogens is 1250 g/mol. The maximum Gasteiger partial charge on any atom is 0.220 e. The number of aliphatic hydroxyl groups excluding tert-OH is 8. The minimum absolute atomic E-state index is 0.243. The number of nitrogens with one attached hydrogen (secondary N) is 1. The Bertz CT molecular complexity index is 2200. The standard InChI is InChI=1S/C86H147NO13/c1-3-5-7-9-11-13-15-17-19-21-23-25-27-29-31-33-35-36-37-38-40-42-44-46-48-50-52-54-56-58-60-62-64-66-68-70-78(91)87-74(73-97-85-83(96)81(94)84(77(72-89)99-85)100-86-82(95)80(93)79(92)76(71-88)98-86)75(90)69-67-65-63-61-59-57-55-53-51-49-47-45-43-41-39-34-32-30-28-26-24-22-20-18-16-14-12-10-8-6-4-2/h5,7,11,13,17,19,23,25,29,31,35-36,38,40,44,46,50,52,56,58,67,69,74-77,79-86,88-90,92-96H,3-4,6,8-10,12,14-16,18,20-22,24,26-28,30,32-34,37,39,41-43,45,47-49,51,53-55,57,59-66,68,70-73H2,1-2H3,(H,87,91)/b7-5-,13-11-,19-17-,25-23-,31-29-,36-35-,40-38-,46-44-,52-50-,58-56-,69-67+. The fourth-order valence-corrected chi connectivity index (χ4v) is 12.5. The summed E-state index contributed by atoms with van der Waals surface area (Å²) >= 11 is 0. The van der Waals surface area contributed by atoms with Gasteiger partial charge in [0, 0.05) is 6.42 Å². The van der Waals surface area contributed by atoms with Crippen molar-refractivity contribution in [1.82, 2.24) is 5.32 Å². The number of unbranched alkanes of at least 4 members (excludes halogenated alkanes) is 33. The normalized spacial score (nSPS) is 22.6. The molecule has 2 aliphatic rings. The largest absolute Gasteiger partial charge is 0.394 e. The van der Waals surface area contributed by atoms with E-state index >= 15 is 0 Å². The van der Waals surface area contributed by atoms with Crippen LogP contribution < -0.4 is 5.32 Å². The van der Waals surface area contributed by atoms with Gasteiger partial charge in [-0.25, -0.2) is 0 Å². The Morgan fingerprint density at radius 3 is 1.06 bits per heavy atom. The van der Waals surface area contributed by atoms with Gasteiger partial charge in [-0.15, -0.1) is 0 Å². The second kappa shape index (κ2) is 68.3. The number of ether oxygens (including phenoxy) is 4. The third-order valence-corrected chi connectivity index (χ3v) is 18.8. The molecule has 14 nitrogen and oxygen atoms in total. The van der Waals surface area contributed by atoms with Crippen LogP contribution >= 0.6 is 0 Å². The van der Waals surface area contributed by atoms with Crippen LogP contribution in [0.2, 0.25) is 0 Å². The highest BCUT2D eigenvalue weighted by atomic mass is 16.7. The second-order valence-corrected chi connectivity index (χ2v) is 27.8. The average molecular weight is 1400 g/mol. The highest BCUT2D eigenvalue weighted by Gasteiger charge is 2.51. The van der Waals surface area contributed by atoms with Gasteiger partial charge in [-0.05, 0) is 96.3 Å². The molecule has 0 spiro atoms. The second-order valence-electron chi connectivity index (χ2n) is 27.8. The summed E-state index contributed by atoms with van der Waals surface area (Å²) in [7, 11) is 0. The van der Waals surface area contributed by atoms with Crippen molar-refractivity contribution in [1.29, 1.82) is 0 Å². The van der Waals surface area contributed by atoms with E-state index in [9.17, 15) is 45.6 Å². The molecule has 2 heterocycles. The third kappa shape index (κ3) is 50.5. The molecule has 0 aliphatic carbocycles. The van der Waals surface area contributed by atoms with Crippen molar-refractivity contribution >= 4 is 5.91 Å². The van der Waals surface area contributed by atoms with Gasteiger partial charge in [0.2, 0.25) is 5.91 Å². The number of carbonyl (C=O) groups is 1. The SMILES string of the molecule is CC/C=C\C/C=C\C/C=C\C/C=C\C/C=C\C/C=C\C/C=C\C/C=C\C/C=C\C/C=C\CCCCCCC(=O)NC(COC1OC(CO)C(OC2OC(CO)C(O)C(O)C2O)C(O)C1O)C(O)/C=C/CCCCCCCCCCCCCCCCCCCCCCCCCCCCCCC. The van der Waals surface area contributed by atoms with Crippen molar-refractivity contribution in [2.45, 2.75) is 383 Å². The molecule has 100 heavy (non-hydrogen) atoms. The molecule has 9 N–H and O–H groups in total. The van der Waals surface area contributed by atoms with E-state index in [1.165, 1.54) is 173 Å². The first-order chi connectivity index (χ1) is 49.1. The fourth-order valence-electron chi connectivity index (χ4n) is 12.5. The molecule has 574 valence electrons. The van der Waals surface area contributed by atoms with Gasteiger partial charge < -0.3 is 65.1 Å². The Labute approximate surface area is 609 Å². The zero-order valence-corrected chi connectivity index (χ0v) is 62.9. The molecule has 0 saturated carbocycles. The summed E-state index contributed by atoms with van der Waals surface area (Å²) in [4.78, 5) is 13.4. The minimum atomic E-state index is -1.80. The predicted octanol–water partition coefficient (Wildman–Crippen LogP) is 18.6. The quantitative estimate of drug-likeness (QED) is 0.0204. The fraction of sp³-hybridized carbons (Fsp3) is 0.733. The van der Waals surface area contributed by atoms with E-state index in [4.69, 9.17) is 18.9 Å². The van der Waals surface area contributed by atoms with E-state index in [0.29, 0.717) is 6.42 Å². The average Bonchev–Trinajstić information content (AvgIpc) is 0.790. The van der Waals surface area contributed by atoms with Gasteiger partial charge in [0.25, 0.3) is 0 Å². The zero-order chi connectivity index (χ0) is 72.2. The Morgan fingerprint density at radius 2 is 0.690 bits per heavy atom. The van der Waals surface area contributed by atoms with Crippen molar-refractivity contribution < 1.29 is 64.6 Å². The lowest BCUT2D eigenvalue weighted by atomic mass is 9.97. The molecule has 1 amide bonds. The molecule has 0 aromatic heterocycles. The summed E-state index contributed by atoms with van der Waals surface area (Å²) in [5.74, 6) is -0.266. The smallest absolute Gasteiger partial charge is 0.220 e. The van der Waals surface area contributed by atoms with Crippen LogP contribution in [-0.2, 0) is 23.7 Å². The van der Waals surface area contributed by atoms with Crippen LogP contribution in [0.4, 0.5) is 0 Å². The lowest BCUT2D eigenvalue weighted by Crippen LogP contribution is -2.65. The number of hydrogen-bond donors (Lipinski definition) is 9. The van der Waals surface area contributed by atoms with Crippen LogP contribution in [0.15, 0.2) is 134 Å². The molecule has 0 aromatic rings. The van der Waals surface area contributed by atoms with Crippen molar-refractivity contribution in [3.63, 3.8) is 0 Å². The highest BCUT2D eigenvalue weighted by molar-refractivity contribution is 5.76. The van der Waals surface area contributed by atoms with Crippen LogP contribution in [0, 0.1) is 0 Å². The summed E-state index contributed by atoms with van der Waals surface area (Å²) in [6, 6.07) is -0.941.